The van der Waals surface area contributed by atoms with Gasteiger partial charge < -0.3 is 5.73 Å². The Morgan fingerprint density at radius 2 is 1.96 bits per heavy atom. The van der Waals surface area contributed by atoms with Crippen LogP contribution in [-0.4, -0.2) is 24.4 Å². The van der Waals surface area contributed by atoms with Crippen LogP contribution in [0.5, 0.6) is 0 Å². The van der Waals surface area contributed by atoms with Gasteiger partial charge in [-0.05, 0) is 30.2 Å². The first-order chi connectivity index (χ1) is 12.1. The predicted octanol–water partition coefficient (Wildman–Crippen LogP) is 3.12. The highest BCUT2D eigenvalue weighted by Gasteiger charge is 2.16. The maximum atomic E-state index is 14.9. The zero-order valence-electron chi connectivity index (χ0n) is 14.3. The Labute approximate surface area is 155 Å². The molecule has 3 aromatic heterocycles. The third kappa shape index (κ3) is 2.85. The Bertz CT molecular complexity index is 1080. The Kier molecular flexibility index (Phi) is 4.76. The molecule has 0 aliphatic rings. The lowest BCUT2D eigenvalue weighted by Crippen LogP contribution is -2.03. The average molecular weight is 373 g/mol. The summed E-state index contributed by atoms with van der Waals surface area (Å²) >= 11 is 0. The smallest absolute Gasteiger partial charge is 0.137 e. The molecule has 4 rings (SSSR count). The van der Waals surface area contributed by atoms with Gasteiger partial charge in [0.25, 0.3) is 0 Å². The standard InChI is InChI=1S/C18H17FN6.ClH/c1-11-12(6-20)3-4-15(17(11)19)18-16-5-13(9-25(16)23-10-21-18)14-7-22-24(2)8-14;/h3-5,7-10H,6,20H2,1-2H3;1H. The molecule has 4 aromatic rings. The van der Waals surface area contributed by atoms with Crippen LogP contribution >= 0.6 is 12.4 Å². The van der Waals surface area contributed by atoms with Crippen LogP contribution in [0.2, 0.25) is 0 Å². The lowest BCUT2D eigenvalue weighted by molar-refractivity contribution is 0.618. The SMILES string of the molecule is Cc1c(CN)ccc(-c2ncnn3cc(-c4cnn(C)c4)cc23)c1F.Cl. The highest BCUT2D eigenvalue weighted by Crippen LogP contribution is 2.31. The van der Waals surface area contributed by atoms with Gasteiger partial charge in [-0.3, -0.25) is 4.68 Å². The van der Waals surface area contributed by atoms with Gasteiger partial charge in [0.1, 0.15) is 17.8 Å². The van der Waals surface area contributed by atoms with Crippen LogP contribution in [0, 0.1) is 12.7 Å². The maximum Gasteiger partial charge on any atom is 0.137 e. The van der Waals surface area contributed by atoms with Crippen LogP contribution in [0.4, 0.5) is 4.39 Å². The van der Waals surface area contributed by atoms with Crippen molar-refractivity contribution in [2.75, 3.05) is 0 Å². The highest BCUT2D eigenvalue weighted by molar-refractivity contribution is 5.85. The summed E-state index contributed by atoms with van der Waals surface area (Å²) in [5, 5.41) is 8.43. The Morgan fingerprint density at radius 3 is 2.65 bits per heavy atom. The predicted molar refractivity (Wildman–Crippen MR) is 100 cm³/mol. The van der Waals surface area contributed by atoms with Crippen molar-refractivity contribution in [3.63, 3.8) is 0 Å². The van der Waals surface area contributed by atoms with Crippen molar-refractivity contribution in [1.29, 1.82) is 0 Å². The minimum Gasteiger partial charge on any atom is -0.326 e. The second-order valence-corrected chi connectivity index (χ2v) is 5.99. The van der Waals surface area contributed by atoms with Gasteiger partial charge in [-0.25, -0.2) is 13.9 Å². The van der Waals surface area contributed by atoms with Crippen LogP contribution in [0.3, 0.4) is 0 Å². The first kappa shape index (κ1) is 18.0. The molecule has 0 saturated heterocycles. The fraction of sp³-hybridized carbons (Fsp3) is 0.167. The van der Waals surface area contributed by atoms with E-state index in [1.54, 1.807) is 28.4 Å². The molecular weight excluding hydrogens is 355 g/mol. The summed E-state index contributed by atoms with van der Waals surface area (Å²) in [6, 6.07) is 5.51. The third-order valence-electron chi connectivity index (χ3n) is 4.42. The molecule has 0 atom stereocenters. The molecule has 0 unspecified atom stereocenters. The molecule has 8 heteroatoms. The first-order valence-electron chi connectivity index (χ1n) is 7.89. The third-order valence-corrected chi connectivity index (χ3v) is 4.42. The fourth-order valence-corrected chi connectivity index (χ4v) is 2.99. The van der Waals surface area contributed by atoms with Gasteiger partial charge in [-0.1, -0.05) is 6.07 Å². The summed E-state index contributed by atoms with van der Waals surface area (Å²) in [7, 11) is 1.86. The van der Waals surface area contributed by atoms with Gasteiger partial charge >= 0.3 is 0 Å². The van der Waals surface area contributed by atoms with E-state index in [1.807, 2.05) is 31.6 Å². The number of hydrogen-bond acceptors (Lipinski definition) is 4. The highest BCUT2D eigenvalue weighted by atomic mass is 35.5. The molecular formula is C18H18ClFN6. The molecule has 0 saturated carbocycles. The second-order valence-electron chi connectivity index (χ2n) is 5.99. The van der Waals surface area contributed by atoms with Crippen LogP contribution in [-0.2, 0) is 13.6 Å². The minimum atomic E-state index is -0.298. The summed E-state index contributed by atoms with van der Waals surface area (Å²) in [6.07, 6.45) is 7.02. The molecule has 0 amide bonds. The van der Waals surface area contributed by atoms with Gasteiger partial charge in [0, 0.05) is 42.7 Å². The molecule has 3 heterocycles. The van der Waals surface area contributed by atoms with Crippen molar-refractivity contribution in [2.45, 2.75) is 13.5 Å². The van der Waals surface area contributed by atoms with E-state index >= 15 is 0 Å². The summed E-state index contributed by atoms with van der Waals surface area (Å²) in [4.78, 5) is 4.32. The molecule has 0 aliphatic heterocycles. The summed E-state index contributed by atoms with van der Waals surface area (Å²) < 4.78 is 18.3. The molecule has 6 nitrogen and oxygen atoms in total. The van der Waals surface area contributed by atoms with E-state index < -0.39 is 0 Å². The van der Waals surface area contributed by atoms with Gasteiger partial charge in [0.15, 0.2) is 0 Å². The average Bonchev–Trinajstić information content (AvgIpc) is 3.23. The molecule has 0 aliphatic carbocycles. The van der Waals surface area contributed by atoms with Crippen molar-refractivity contribution in [1.82, 2.24) is 24.4 Å². The van der Waals surface area contributed by atoms with E-state index in [0.717, 1.165) is 22.2 Å². The largest absolute Gasteiger partial charge is 0.326 e. The zero-order valence-corrected chi connectivity index (χ0v) is 15.2. The molecule has 26 heavy (non-hydrogen) atoms. The van der Waals surface area contributed by atoms with Crippen molar-refractivity contribution < 1.29 is 4.39 Å². The molecule has 1 aromatic carbocycles. The van der Waals surface area contributed by atoms with Crippen LogP contribution < -0.4 is 5.73 Å². The number of rotatable bonds is 3. The Morgan fingerprint density at radius 1 is 1.15 bits per heavy atom. The monoisotopic (exact) mass is 372 g/mol. The summed E-state index contributed by atoms with van der Waals surface area (Å²) in [5.41, 5.74) is 10.7. The molecule has 0 radical (unpaired) electrons. The Balaban J connectivity index is 0.00000196. The molecule has 2 N–H and O–H groups in total. The number of nitrogens with zero attached hydrogens (tertiary/aromatic N) is 5. The van der Waals surface area contributed by atoms with Crippen LogP contribution in [0.1, 0.15) is 11.1 Å². The van der Waals surface area contributed by atoms with Crippen LogP contribution in [0.15, 0.2) is 43.1 Å². The van der Waals surface area contributed by atoms with Gasteiger partial charge in [-0.15, -0.1) is 12.4 Å². The van der Waals surface area contributed by atoms with E-state index in [9.17, 15) is 4.39 Å². The van der Waals surface area contributed by atoms with Crippen molar-refractivity contribution >= 4 is 17.9 Å². The molecule has 134 valence electrons. The van der Waals surface area contributed by atoms with E-state index in [4.69, 9.17) is 5.73 Å². The summed E-state index contributed by atoms with van der Waals surface area (Å²) in [6.45, 7) is 2.04. The summed E-state index contributed by atoms with van der Waals surface area (Å²) in [5.74, 6) is -0.298. The van der Waals surface area contributed by atoms with E-state index in [2.05, 4.69) is 15.2 Å². The van der Waals surface area contributed by atoms with E-state index in [0.29, 0.717) is 23.4 Å². The van der Waals surface area contributed by atoms with E-state index in [1.165, 1.54) is 6.33 Å². The lowest BCUT2D eigenvalue weighted by atomic mass is 10.0. The number of benzene rings is 1. The van der Waals surface area contributed by atoms with Crippen molar-refractivity contribution in [3.8, 4) is 22.4 Å². The molecule has 0 spiro atoms. The quantitative estimate of drug-likeness (QED) is 0.599. The van der Waals surface area contributed by atoms with Crippen molar-refractivity contribution in [3.05, 3.63) is 60.1 Å². The number of fused-ring (bicyclic) bond motifs is 1. The number of halogens is 2. The topological polar surface area (TPSA) is 74.0 Å². The number of aromatic nitrogens is 5. The number of nitrogens with two attached hydrogens (primary N) is 1. The first-order valence-corrected chi connectivity index (χ1v) is 7.89. The number of hydrogen-bond donors (Lipinski definition) is 1. The van der Waals surface area contributed by atoms with E-state index in [-0.39, 0.29) is 18.2 Å². The van der Waals surface area contributed by atoms with Crippen LogP contribution in [0.25, 0.3) is 27.9 Å². The van der Waals surface area contributed by atoms with Gasteiger partial charge in [0.05, 0.1) is 11.7 Å². The second kappa shape index (κ2) is 6.86. The van der Waals surface area contributed by atoms with Crippen molar-refractivity contribution in [2.24, 2.45) is 12.8 Å². The Hall–Kier alpha value is -2.77. The minimum absolute atomic E-state index is 0. The van der Waals surface area contributed by atoms with Gasteiger partial charge in [-0.2, -0.15) is 10.2 Å². The fourth-order valence-electron chi connectivity index (χ4n) is 2.99. The molecule has 0 fully saturated rings. The lowest BCUT2D eigenvalue weighted by Gasteiger charge is -2.10. The molecule has 0 bridgehead atoms. The maximum absolute atomic E-state index is 14.9. The normalized spacial score (nSPS) is 10.9. The number of aryl methyl sites for hydroxylation is 1. The zero-order chi connectivity index (χ0) is 17.6. The van der Waals surface area contributed by atoms with Gasteiger partial charge in [0.2, 0.25) is 0 Å².